The van der Waals surface area contributed by atoms with Crippen LogP contribution in [0.15, 0.2) is 12.1 Å². The predicted octanol–water partition coefficient (Wildman–Crippen LogP) is 2.18. The van der Waals surface area contributed by atoms with E-state index in [0.717, 1.165) is 12.1 Å². The Labute approximate surface area is 112 Å². The second-order valence-corrected chi connectivity index (χ2v) is 4.41. The van der Waals surface area contributed by atoms with Crippen molar-refractivity contribution in [2.24, 2.45) is 0 Å². The number of benzene rings is 1. The zero-order chi connectivity index (χ0) is 14.0. The van der Waals surface area contributed by atoms with Crippen LogP contribution in [-0.4, -0.2) is 42.5 Å². The Hall–Kier alpha value is -1.27. The number of hydrogen-bond acceptors (Lipinski definition) is 2. The van der Waals surface area contributed by atoms with Crippen molar-refractivity contribution in [1.29, 1.82) is 0 Å². The van der Waals surface area contributed by atoms with E-state index in [0.29, 0.717) is 6.61 Å². The van der Waals surface area contributed by atoms with E-state index in [1.807, 2.05) is 0 Å². The highest BCUT2D eigenvalue weighted by Crippen LogP contribution is 2.19. The summed E-state index contributed by atoms with van der Waals surface area (Å²) in [6.45, 7) is 0.764. The molecule has 1 heterocycles. The largest absolute Gasteiger partial charge is 0.377 e. The fourth-order valence-corrected chi connectivity index (χ4v) is 2.15. The molecule has 3 nitrogen and oxygen atoms in total. The number of rotatable bonds is 2. The summed E-state index contributed by atoms with van der Waals surface area (Å²) in [5.74, 6) is -5.06. The van der Waals surface area contributed by atoms with Gasteiger partial charge < -0.3 is 9.64 Å². The van der Waals surface area contributed by atoms with E-state index in [4.69, 9.17) is 16.3 Å². The van der Waals surface area contributed by atoms with Gasteiger partial charge in [0.1, 0.15) is 0 Å². The SMILES string of the molecule is O=C(c1ccc(F)c(F)c1F)N1CCOCC1CCl. The van der Waals surface area contributed by atoms with Crippen LogP contribution >= 0.6 is 11.6 Å². The van der Waals surface area contributed by atoms with Gasteiger partial charge in [0.25, 0.3) is 5.91 Å². The van der Waals surface area contributed by atoms with Crippen molar-refractivity contribution in [3.8, 4) is 0 Å². The van der Waals surface area contributed by atoms with Crippen LogP contribution in [0.5, 0.6) is 0 Å². The van der Waals surface area contributed by atoms with Gasteiger partial charge in [-0.05, 0) is 12.1 Å². The van der Waals surface area contributed by atoms with Crippen molar-refractivity contribution in [3.05, 3.63) is 35.1 Å². The summed E-state index contributed by atoms with van der Waals surface area (Å²) < 4.78 is 44.7. The molecule has 0 saturated carbocycles. The van der Waals surface area contributed by atoms with Gasteiger partial charge in [0.2, 0.25) is 0 Å². The van der Waals surface area contributed by atoms with E-state index in [1.54, 1.807) is 0 Å². The third-order valence-electron chi connectivity index (χ3n) is 2.93. The average Bonchev–Trinajstić information content (AvgIpc) is 2.44. The van der Waals surface area contributed by atoms with Gasteiger partial charge in [-0.15, -0.1) is 11.6 Å². The predicted molar refractivity (Wildman–Crippen MR) is 62.7 cm³/mol. The minimum Gasteiger partial charge on any atom is -0.377 e. The number of halogens is 4. The lowest BCUT2D eigenvalue weighted by Crippen LogP contribution is -2.49. The summed E-state index contributed by atoms with van der Waals surface area (Å²) >= 11 is 5.70. The molecule has 1 atom stereocenters. The zero-order valence-electron chi connectivity index (χ0n) is 9.84. The van der Waals surface area contributed by atoms with Gasteiger partial charge in [0.05, 0.1) is 24.8 Å². The van der Waals surface area contributed by atoms with Gasteiger partial charge in [0.15, 0.2) is 17.5 Å². The maximum Gasteiger partial charge on any atom is 0.257 e. The summed E-state index contributed by atoms with van der Waals surface area (Å²) in [5, 5.41) is 0. The molecular weight excluding hydrogens is 283 g/mol. The number of ether oxygens (including phenoxy) is 1. The standard InChI is InChI=1S/C12H11ClF3NO2/c13-5-7-6-19-4-3-17(7)12(18)8-1-2-9(14)11(16)10(8)15/h1-2,7H,3-6H2. The van der Waals surface area contributed by atoms with Gasteiger partial charge >= 0.3 is 0 Å². The van der Waals surface area contributed by atoms with E-state index in [2.05, 4.69) is 0 Å². The van der Waals surface area contributed by atoms with Crippen LogP contribution in [0.4, 0.5) is 13.2 Å². The van der Waals surface area contributed by atoms with Crippen LogP contribution in [0.1, 0.15) is 10.4 Å². The van der Waals surface area contributed by atoms with Gasteiger partial charge in [-0.25, -0.2) is 13.2 Å². The Bertz CT molecular complexity index is 498. The molecule has 1 aromatic carbocycles. The summed E-state index contributed by atoms with van der Waals surface area (Å²) in [6, 6.07) is 1.24. The zero-order valence-corrected chi connectivity index (χ0v) is 10.6. The van der Waals surface area contributed by atoms with Gasteiger partial charge in [-0.3, -0.25) is 4.79 Å². The quantitative estimate of drug-likeness (QED) is 0.618. The number of alkyl halides is 1. The first-order valence-electron chi connectivity index (χ1n) is 5.64. The highest BCUT2D eigenvalue weighted by Gasteiger charge is 2.30. The second kappa shape index (κ2) is 5.79. The van der Waals surface area contributed by atoms with Crippen LogP contribution < -0.4 is 0 Å². The summed E-state index contributed by atoms with van der Waals surface area (Å²) in [5.41, 5.74) is -0.504. The first-order chi connectivity index (χ1) is 9.06. The number of morpholine rings is 1. The van der Waals surface area contributed by atoms with Crippen LogP contribution in [0.2, 0.25) is 0 Å². The van der Waals surface area contributed by atoms with Crippen molar-refractivity contribution < 1.29 is 22.7 Å². The molecular formula is C12H11ClF3NO2. The lowest BCUT2D eigenvalue weighted by molar-refractivity contribution is 0.00425. The smallest absolute Gasteiger partial charge is 0.257 e. The Morgan fingerprint density at radius 2 is 2.11 bits per heavy atom. The lowest BCUT2D eigenvalue weighted by Gasteiger charge is -2.34. The van der Waals surface area contributed by atoms with Crippen LogP contribution in [-0.2, 0) is 4.74 Å². The van der Waals surface area contributed by atoms with E-state index in [-0.39, 0.29) is 19.0 Å². The molecule has 1 saturated heterocycles. The van der Waals surface area contributed by atoms with Crippen LogP contribution in [0.25, 0.3) is 0 Å². The van der Waals surface area contributed by atoms with E-state index >= 15 is 0 Å². The fourth-order valence-electron chi connectivity index (χ4n) is 1.90. The van der Waals surface area contributed by atoms with E-state index in [9.17, 15) is 18.0 Å². The normalized spacial score (nSPS) is 19.6. The van der Waals surface area contributed by atoms with Crippen LogP contribution in [0.3, 0.4) is 0 Å². The highest BCUT2D eigenvalue weighted by molar-refractivity contribution is 6.18. The molecule has 7 heteroatoms. The molecule has 1 aliphatic heterocycles. The lowest BCUT2D eigenvalue weighted by atomic mass is 10.1. The average molecular weight is 294 g/mol. The van der Waals surface area contributed by atoms with E-state index in [1.165, 1.54) is 4.90 Å². The first kappa shape index (κ1) is 14.1. The first-order valence-corrected chi connectivity index (χ1v) is 6.18. The maximum atomic E-state index is 13.6. The molecule has 0 bridgehead atoms. The van der Waals surface area contributed by atoms with Crippen molar-refractivity contribution in [2.45, 2.75) is 6.04 Å². The van der Waals surface area contributed by atoms with E-state index < -0.39 is 35.0 Å². The minimum absolute atomic E-state index is 0.122. The molecule has 1 amide bonds. The third kappa shape index (κ3) is 2.69. The number of carbonyl (C=O) groups excluding carboxylic acids is 1. The molecule has 0 N–H and O–H groups in total. The molecule has 0 radical (unpaired) electrons. The topological polar surface area (TPSA) is 29.5 Å². The molecule has 0 spiro atoms. The number of amides is 1. The van der Waals surface area contributed by atoms with Crippen LogP contribution in [0, 0.1) is 17.5 Å². The molecule has 0 aliphatic carbocycles. The Balaban J connectivity index is 2.31. The van der Waals surface area contributed by atoms with Crippen molar-refractivity contribution in [3.63, 3.8) is 0 Å². The number of hydrogen-bond donors (Lipinski definition) is 0. The number of nitrogens with zero attached hydrogens (tertiary/aromatic N) is 1. The summed E-state index contributed by atoms with van der Waals surface area (Å²) in [7, 11) is 0. The highest BCUT2D eigenvalue weighted by atomic mass is 35.5. The fraction of sp³-hybridized carbons (Fsp3) is 0.417. The molecule has 1 aromatic rings. The van der Waals surface area contributed by atoms with Crippen molar-refractivity contribution in [2.75, 3.05) is 25.6 Å². The van der Waals surface area contributed by atoms with Crippen molar-refractivity contribution in [1.82, 2.24) is 4.90 Å². The Kier molecular flexibility index (Phi) is 4.31. The second-order valence-electron chi connectivity index (χ2n) is 4.10. The molecule has 1 unspecified atom stereocenters. The Morgan fingerprint density at radius 1 is 1.37 bits per heavy atom. The maximum absolute atomic E-state index is 13.6. The molecule has 2 rings (SSSR count). The Morgan fingerprint density at radius 3 is 2.79 bits per heavy atom. The molecule has 1 fully saturated rings. The molecule has 0 aromatic heterocycles. The van der Waals surface area contributed by atoms with Gasteiger partial charge in [-0.1, -0.05) is 0 Å². The monoisotopic (exact) mass is 293 g/mol. The summed E-state index contributed by atoms with van der Waals surface area (Å²) in [4.78, 5) is 13.4. The number of carbonyl (C=O) groups is 1. The summed E-state index contributed by atoms with van der Waals surface area (Å²) in [6.07, 6.45) is 0. The molecule has 1 aliphatic rings. The van der Waals surface area contributed by atoms with Gasteiger partial charge in [-0.2, -0.15) is 0 Å². The van der Waals surface area contributed by atoms with Gasteiger partial charge in [0, 0.05) is 12.4 Å². The molecule has 19 heavy (non-hydrogen) atoms. The minimum atomic E-state index is -1.65. The van der Waals surface area contributed by atoms with Crippen molar-refractivity contribution >= 4 is 17.5 Å². The molecule has 104 valence electrons. The third-order valence-corrected chi connectivity index (χ3v) is 3.29.